The second-order valence-electron chi connectivity index (χ2n) is 2.65. The third-order valence-corrected chi connectivity index (χ3v) is 2.59. The lowest BCUT2D eigenvalue weighted by Crippen LogP contribution is -1.83. The highest BCUT2D eigenvalue weighted by Crippen LogP contribution is 2.07. The van der Waals surface area contributed by atoms with E-state index < -0.39 is 0 Å². The number of rotatable bonds is 0. The van der Waals surface area contributed by atoms with Gasteiger partial charge in [-0.15, -0.1) is 0 Å². The third kappa shape index (κ3) is 9.97. The molecule has 0 unspecified atom stereocenters. The highest BCUT2D eigenvalue weighted by Gasteiger charge is 1.94. The monoisotopic (exact) mass is 202 g/mol. The van der Waals surface area contributed by atoms with Gasteiger partial charge < -0.3 is 4.74 Å². The Labute approximate surface area is 86.9 Å². The van der Waals surface area contributed by atoms with Crippen molar-refractivity contribution in [3.8, 4) is 0 Å². The van der Waals surface area contributed by atoms with E-state index in [9.17, 15) is 0 Å². The van der Waals surface area contributed by atoms with E-state index in [1.54, 1.807) is 0 Å². The molecule has 0 saturated carbocycles. The van der Waals surface area contributed by atoms with Crippen LogP contribution in [0.15, 0.2) is 12.2 Å². The fraction of sp³-hybridized carbons (Fsp3) is 0.818. The molecule has 1 fully saturated rings. The predicted octanol–water partition coefficient (Wildman–Crippen LogP) is 3.50. The predicted molar refractivity (Wildman–Crippen MR) is 62.5 cm³/mol. The summed E-state index contributed by atoms with van der Waals surface area (Å²) in [6.45, 7) is 6.00. The lowest BCUT2D eigenvalue weighted by atomic mass is 10.4. The average Bonchev–Trinajstić information content (AvgIpc) is 2.82. The molecule has 0 atom stereocenters. The Kier molecular flexibility index (Phi) is 12.1. The molecular weight excluding hydrogens is 180 g/mol. The summed E-state index contributed by atoms with van der Waals surface area (Å²) in [6, 6.07) is 0. The molecule has 0 amide bonds. The summed E-state index contributed by atoms with van der Waals surface area (Å²) in [5.74, 6) is 2.57. The molecule has 2 rings (SSSR count). The fourth-order valence-corrected chi connectivity index (χ4v) is 1.74. The smallest absolute Gasteiger partial charge is 0.0466 e. The second kappa shape index (κ2) is 12.0. The van der Waals surface area contributed by atoms with Crippen LogP contribution in [0.5, 0.6) is 0 Å². The Bertz CT molecular complexity index is 93.0. The molecule has 78 valence electrons. The van der Waals surface area contributed by atoms with Crippen LogP contribution in [0.3, 0.4) is 0 Å². The van der Waals surface area contributed by atoms with Crippen molar-refractivity contribution in [2.45, 2.75) is 33.1 Å². The molecule has 0 radical (unpaired) electrons. The van der Waals surface area contributed by atoms with Crippen molar-refractivity contribution in [3.63, 3.8) is 0 Å². The molecule has 2 heterocycles. The van der Waals surface area contributed by atoms with Crippen LogP contribution in [0.4, 0.5) is 0 Å². The molecule has 0 aliphatic carbocycles. The van der Waals surface area contributed by atoms with Gasteiger partial charge in [0.1, 0.15) is 0 Å². The Morgan fingerprint density at radius 1 is 1.08 bits per heavy atom. The van der Waals surface area contributed by atoms with E-state index >= 15 is 0 Å². The normalized spacial score (nSPS) is 19.5. The van der Waals surface area contributed by atoms with Crippen LogP contribution in [-0.4, -0.2) is 24.7 Å². The Morgan fingerprint density at radius 2 is 1.77 bits per heavy atom. The van der Waals surface area contributed by atoms with Crippen molar-refractivity contribution < 1.29 is 4.74 Å². The van der Waals surface area contributed by atoms with Crippen LogP contribution in [0, 0.1) is 0 Å². The number of hydrogen-bond acceptors (Lipinski definition) is 2. The quantitative estimate of drug-likeness (QED) is 0.556. The first-order valence-corrected chi connectivity index (χ1v) is 6.46. The van der Waals surface area contributed by atoms with Crippen molar-refractivity contribution in [3.05, 3.63) is 12.2 Å². The van der Waals surface area contributed by atoms with E-state index in [4.69, 9.17) is 4.74 Å². The minimum atomic E-state index is 1.00. The zero-order valence-corrected chi connectivity index (χ0v) is 9.74. The van der Waals surface area contributed by atoms with E-state index in [1.807, 2.05) is 25.6 Å². The highest BCUT2D eigenvalue weighted by molar-refractivity contribution is 7.99. The van der Waals surface area contributed by atoms with Crippen LogP contribution in [0.2, 0.25) is 0 Å². The molecule has 0 bridgehead atoms. The Balaban J connectivity index is 0.000000189. The van der Waals surface area contributed by atoms with Gasteiger partial charge in [-0.3, -0.25) is 0 Å². The average molecular weight is 202 g/mol. The van der Waals surface area contributed by atoms with Gasteiger partial charge in [-0.1, -0.05) is 26.0 Å². The van der Waals surface area contributed by atoms with Crippen LogP contribution in [0.25, 0.3) is 0 Å². The van der Waals surface area contributed by atoms with Gasteiger partial charge >= 0.3 is 0 Å². The SMILES string of the molecule is C1=CCSCC1.C1CCOC1.CC. The van der Waals surface area contributed by atoms with Crippen molar-refractivity contribution >= 4 is 11.8 Å². The minimum Gasteiger partial charge on any atom is -0.381 e. The van der Waals surface area contributed by atoms with Crippen molar-refractivity contribution in [2.75, 3.05) is 24.7 Å². The molecule has 2 heteroatoms. The Hall–Kier alpha value is 0.0500. The zero-order chi connectivity index (χ0) is 9.78. The van der Waals surface area contributed by atoms with Crippen LogP contribution in [0.1, 0.15) is 33.1 Å². The topological polar surface area (TPSA) is 9.23 Å². The molecule has 0 N–H and O–H groups in total. The first kappa shape index (κ1) is 13.1. The molecule has 1 saturated heterocycles. The van der Waals surface area contributed by atoms with Crippen molar-refractivity contribution in [1.29, 1.82) is 0 Å². The van der Waals surface area contributed by atoms with E-state index in [1.165, 1.54) is 30.8 Å². The van der Waals surface area contributed by atoms with Crippen LogP contribution >= 0.6 is 11.8 Å². The molecule has 0 aromatic heterocycles. The third-order valence-electron chi connectivity index (χ3n) is 1.64. The number of thioether (sulfide) groups is 1. The number of ether oxygens (including phenoxy) is 1. The van der Waals surface area contributed by atoms with Gasteiger partial charge in [0.2, 0.25) is 0 Å². The fourth-order valence-electron chi connectivity index (χ4n) is 0.999. The van der Waals surface area contributed by atoms with Crippen LogP contribution < -0.4 is 0 Å². The summed E-state index contributed by atoms with van der Waals surface area (Å²) < 4.78 is 4.94. The van der Waals surface area contributed by atoms with Crippen molar-refractivity contribution in [2.24, 2.45) is 0 Å². The summed E-state index contributed by atoms with van der Waals surface area (Å²) in [5, 5.41) is 0. The minimum absolute atomic E-state index is 1.00. The van der Waals surface area contributed by atoms with Gasteiger partial charge in [0, 0.05) is 19.0 Å². The summed E-state index contributed by atoms with van der Waals surface area (Å²) in [5.41, 5.74) is 0. The molecular formula is C11H22OS. The molecule has 2 aliphatic rings. The van der Waals surface area contributed by atoms with Gasteiger partial charge in [0.05, 0.1) is 0 Å². The first-order valence-electron chi connectivity index (χ1n) is 5.30. The summed E-state index contributed by atoms with van der Waals surface area (Å²) in [6.07, 6.45) is 8.31. The largest absolute Gasteiger partial charge is 0.381 e. The summed E-state index contributed by atoms with van der Waals surface area (Å²) in [7, 11) is 0. The van der Waals surface area contributed by atoms with Crippen LogP contribution in [-0.2, 0) is 4.74 Å². The second-order valence-corrected chi connectivity index (χ2v) is 3.80. The highest BCUT2D eigenvalue weighted by atomic mass is 32.2. The van der Waals surface area contributed by atoms with Crippen molar-refractivity contribution in [1.82, 2.24) is 0 Å². The number of allylic oxidation sites excluding steroid dienone is 1. The molecule has 13 heavy (non-hydrogen) atoms. The molecule has 2 aliphatic heterocycles. The zero-order valence-electron chi connectivity index (χ0n) is 8.92. The molecule has 1 nitrogen and oxygen atoms in total. The van der Waals surface area contributed by atoms with Gasteiger partial charge in [-0.25, -0.2) is 0 Å². The maximum absolute atomic E-state index is 4.94. The molecule has 0 aromatic carbocycles. The number of hydrogen-bond donors (Lipinski definition) is 0. The van der Waals surface area contributed by atoms with Gasteiger partial charge in [0.15, 0.2) is 0 Å². The standard InChI is InChI=1S/C5H8S.C4H8O.C2H6/c1-2-4-6-5-3-1;1-2-4-5-3-1;1-2/h1-2H,3-5H2;1-4H2;1-2H3. The van der Waals surface area contributed by atoms with E-state index in [2.05, 4.69) is 12.2 Å². The Morgan fingerprint density at radius 3 is 1.92 bits per heavy atom. The lowest BCUT2D eigenvalue weighted by Gasteiger charge is -1.97. The maximum Gasteiger partial charge on any atom is 0.0466 e. The summed E-state index contributed by atoms with van der Waals surface area (Å²) >= 11 is 2.01. The summed E-state index contributed by atoms with van der Waals surface area (Å²) in [4.78, 5) is 0. The van der Waals surface area contributed by atoms with E-state index in [0.29, 0.717) is 0 Å². The van der Waals surface area contributed by atoms with Gasteiger partial charge in [0.25, 0.3) is 0 Å². The molecule has 0 aromatic rings. The van der Waals surface area contributed by atoms with E-state index in [0.717, 1.165) is 13.2 Å². The molecule has 0 spiro atoms. The van der Waals surface area contributed by atoms with Gasteiger partial charge in [-0.2, -0.15) is 11.8 Å². The lowest BCUT2D eigenvalue weighted by molar-refractivity contribution is 0.198. The maximum atomic E-state index is 4.94. The van der Waals surface area contributed by atoms with Gasteiger partial charge in [-0.05, 0) is 25.0 Å². The van der Waals surface area contributed by atoms with E-state index in [-0.39, 0.29) is 0 Å². The first-order chi connectivity index (χ1) is 6.50.